The van der Waals surface area contributed by atoms with Gasteiger partial charge in [0.2, 0.25) is 23.6 Å². The monoisotopic (exact) mass is 2100 g/mol. The van der Waals surface area contributed by atoms with Crippen molar-refractivity contribution in [3.8, 4) is 0 Å². The van der Waals surface area contributed by atoms with Gasteiger partial charge in [0.15, 0.2) is 29.5 Å². The van der Waals surface area contributed by atoms with E-state index in [9.17, 15) is 100 Å². The third kappa shape index (κ3) is 43.9. The smallest absolute Gasteiger partial charge is 0.408 e. The molecule has 0 spiro atoms. The average molecular weight is 2100 g/mol. The Labute approximate surface area is 854 Å². The maximum atomic E-state index is 14.4. The summed E-state index contributed by atoms with van der Waals surface area (Å²) in [5, 5.41) is 41.2. The van der Waals surface area contributed by atoms with Crippen LogP contribution in [0.1, 0.15) is 207 Å². The third-order valence-electron chi connectivity index (χ3n) is 24.2. The topological polar surface area (TPSA) is 472 Å². The number of nitrogens with two attached hydrogens (primary N) is 3. The summed E-state index contributed by atoms with van der Waals surface area (Å²) in [4.78, 5) is 105. The van der Waals surface area contributed by atoms with Crippen LogP contribution in [-0.4, -0.2) is 228 Å². The van der Waals surface area contributed by atoms with Gasteiger partial charge in [0, 0.05) is 113 Å². The molecule has 0 aliphatic carbocycles. The van der Waals surface area contributed by atoms with Crippen molar-refractivity contribution in [3.05, 3.63) is 273 Å². The maximum Gasteiger partial charge on any atom is 0.408 e. The van der Waals surface area contributed by atoms with Crippen molar-refractivity contribution >= 4 is 71.4 Å². The second-order valence-electron chi connectivity index (χ2n) is 36.5. The van der Waals surface area contributed by atoms with Gasteiger partial charge in [-0.05, 0) is 187 Å². The first-order chi connectivity index (χ1) is 69.4. The Morgan fingerprint density at radius 3 is 0.911 bits per heavy atom. The van der Waals surface area contributed by atoms with Gasteiger partial charge in [-0.1, -0.05) is 180 Å². The highest BCUT2D eigenvalue weighted by molar-refractivity contribution is 7.92. The number of aliphatic hydroxyl groups is 3. The molecule has 804 valence electrons. The second-order valence-corrected chi connectivity index (χ2v) is 43.5. The molecule has 0 aliphatic rings. The lowest BCUT2D eigenvalue weighted by Gasteiger charge is -2.32. The van der Waals surface area contributed by atoms with Gasteiger partial charge in [0.05, 0.1) is 57.9 Å². The fourth-order valence-electron chi connectivity index (χ4n) is 16.6. The summed E-state index contributed by atoms with van der Waals surface area (Å²) in [6.07, 6.45) is 6.73. The lowest BCUT2D eigenvalue weighted by Crippen LogP contribution is -2.55. The van der Waals surface area contributed by atoms with E-state index in [4.69, 9.17) is 31.4 Å². The lowest BCUT2D eigenvalue weighted by molar-refractivity contribution is -0.135. The van der Waals surface area contributed by atoms with Gasteiger partial charge >= 0.3 is 18.3 Å². The van der Waals surface area contributed by atoms with Gasteiger partial charge < -0.3 is 82.7 Å². The van der Waals surface area contributed by atoms with Gasteiger partial charge in [0.1, 0.15) is 72.8 Å². The van der Waals surface area contributed by atoms with Crippen LogP contribution >= 0.6 is 0 Å². The molecule has 2 aromatic heterocycles. The predicted molar refractivity (Wildman–Crippen MR) is 548 cm³/mol. The number of hydrogen-bond donors (Lipinski definition) is 10. The van der Waals surface area contributed by atoms with Crippen molar-refractivity contribution in [1.82, 2.24) is 45.9 Å². The van der Waals surface area contributed by atoms with E-state index in [2.05, 4.69) is 31.2 Å². The molecule has 8 aromatic rings. The largest absolute Gasteiger partial charge is 0.448 e. The number of pyridine rings is 2. The molecular formula is C106H146F6N12O19S3. The number of sulfone groups is 3. The molecule has 0 fully saturated rings. The molecular weight excluding hydrogens is 1960 g/mol. The van der Waals surface area contributed by atoms with Crippen molar-refractivity contribution < 1.29 is 115 Å². The van der Waals surface area contributed by atoms with Crippen molar-refractivity contribution in [2.75, 3.05) is 50.0 Å². The molecule has 6 aromatic carbocycles. The Morgan fingerprint density at radius 1 is 0.356 bits per heavy atom. The van der Waals surface area contributed by atoms with Crippen LogP contribution in [0.5, 0.6) is 0 Å². The number of alkyl carbamates (subject to hydrolysis) is 3. The molecule has 0 unspecified atom stereocenters. The molecule has 0 saturated carbocycles. The maximum absolute atomic E-state index is 14.4. The fourth-order valence-corrected chi connectivity index (χ4v) is 23.1. The molecule has 0 aliphatic heterocycles. The molecule has 13 N–H and O–H groups in total. The summed E-state index contributed by atoms with van der Waals surface area (Å²) in [7, 11) is -11.7. The molecule has 146 heavy (non-hydrogen) atoms. The molecule has 8 rings (SSSR count). The van der Waals surface area contributed by atoms with Gasteiger partial charge in [-0.25, -0.2) is 66.0 Å². The van der Waals surface area contributed by atoms with E-state index in [1.165, 1.54) is 40.2 Å². The van der Waals surface area contributed by atoms with E-state index in [1.807, 2.05) is 117 Å². The number of aromatic nitrogens is 2. The lowest BCUT2D eigenvalue weighted by atomic mass is 10.0. The first-order valence-corrected chi connectivity index (χ1v) is 54.7. The number of nitrogens with one attached hydrogen (secondary N) is 4. The van der Waals surface area contributed by atoms with Crippen LogP contribution in [0, 0.1) is 34.9 Å². The Bertz CT molecular complexity index is 5470. The SMILES string of the molecule is CCCC(CCC)S(=O)(=O)C[C@@H](NC(=O)OCCNC(C)=O)C(=O)N(Cc1cccc(CC)c1)C[C@@H](O)[C@@H](N)Cc1cc(F)cc(F)c1.CCCC(CCC)S(=O)(=O)C[C@@H](NC(=O)OCc1cccnc1)C(=O)N(Cc1cccc(CC)c1)C[C@@H](O)[C@@H](N)Cc1cc(F)cc(F)c1.CCCC(CCC)S(=O)(=O)C[C@@H](NC(=O)OCc1ccncc1)C(=O)N(Cc1cccc(CC)c1)C[C@@H](O)[C@@H](N)Cc1cc(F)cc(F)c1. The number of carbonyl (C=O) groups excluding carboxylic acids is 7. The third-order valence-corrected chi connectivity index (χ3v) is 31.1. The summed E-state index contributed by atoms with van der Waals surface area (Å²) in [6, 6.07) is 29.9. The number of nitrogens with zero attached hydrogens (tertiary/aromatic N) is 5. The van der Waals surface area contributed by atoms with Gasteiger partial charge in [-0.3, -0.25) is 29.1 Å². The molecule has 0 bridgehead atoms. The number of halogens is 6. The number of amides is 7. The van der Waals surface area contributed by atoms with E-state index < -0.39 is 188 Å². The Balaban J connectivity index is 0.000000335. The normalized spacial score (nSPS) is 13.5. The van der Waals surface area contributed by atoms with Crippen LogP contribution in [0.3, 0.4) is 0 Å². The first kappa shape index (κ1) is 123. The Hall–Kier alpha value is -11.5. The molecule has 0 radical (unpaired) electrons. The van der Waals surface area contributed by atoms with Crippen molar-refractivity contribution in [2.24, 2.45) is 17.2 Å². The van der Waals surface area contributed by atoms with Crippen LogP contribution in [0.4, 0.5) is 40.7 Å². The number of carbonyl (C=O) groups is 7. The van der Waals surface area contributed by atoms with Crippen LogP contribution in [0.25, 0.3) is 0 Å². The van der Waals surface area contributed by atoms with E-state index in [-0.39, 0.29) is 107 Å². The minimum absolute atomic E-state index is 0.00786. The highest BCUT2D eigenvalue weighted by Gasteiger charge is 2.41. The summed E-state index contributed by atoms with van der Waals surface area (Å²) < 4.78 is 181. The standard InChI is InChI=1S/2C36H48F2N4O6S.C34H50F2N4O7S/c1-4-9-31(10-5-2)49(46,47)24-33(41-36(45)48-23-27-13-8-14-40-20-27)35(44)42(21-26-12-7-11-25(6-3)15-26)22-34(43)32(39)18-28-16-29(37)19-30(38)17-28;1-4-8-31(9-5-2)49(46,47)24-33(41-36(45)48-23-26-12-14-40-15-13-26)35(44)42(21-27-11-7-10-25(6-3)16-27)22-34(43)32(39)19-28-17-29(37)20-30(38)18-28;1-5-9-29(10-6-2)48(45,46)22-31(39-34(44)47-14-13-38-23(4)41)33(43)40(20-25-12-8-11-24(7-3)15-25)21-32(42)30(37)18-26-16-27(35)19-28(36)17-26/h7-8,11-17,19-20,31-34,43H,4-6,9-10,18,21-24,39H2,1-3H3,(H,41,45);7,10-18,20,31-34,43H,4-6,8-9,19,21-24,39H2,1-3H3,(H,41,45);8,11-12,15-17,19,29-32,42H,5-7,9-10,13-14,18,20-22,37H2,1-4H3,(H,38,41)(H,39,44)/t2*32-,33+,34+;30-,31+,32+/m000/s1. The Kier molecular flexibility index (Phi) is 53.4. The minimum Gasteiger partial charge on any atom is -0.448 e. The zero-order valence-corrected chi connectivity index (χ0v) is 87.4. The predicted octanol–water partition coefficient (Wildman–Crippen LogP) is 13.1. The summed E-state index contributed by atoms with van der Waals surface area (Å²) in [5.74, 6) is -9.52. The zero-order valence-electron chi connectivity index (χ0n) is 84.9. The molecule has 2 heterocycles. The quantitative estimate of drug-likeness (QED) is 0.00961. The highest BCUT2D eigenvalue weighted by atomic mass is 32.2. The van der Waals surface area contributed by atoms with Crippen molar-refractivity contribution in [3.63, 3.8) is 0 Å². The van der Waals surface area contributed by atoms with E-state index >= 15 is 0 Å². The van der Waals surface area contributed by atoms with E-state index in [0.717, 1.165) is 78.1 Å². The van der Waals surface area contributed by atoms with Crippen molar-refractivity contribution in [1.29, 1.82) is 0 Å². The average Bonchev–Trinajstić information content (AvgIpc) is 0.821. The molecule has 7 amide bonds. The highest BCUT2D eigenvalue weighted by Crippen LogP contribution is 2.27. The van der Waals surface area contributed by atoms with Gasteiger partial charge in [-0.15, -0.1) is 0 Å². The summed E-state index contributed by atoms with van der Waals surface area (Å²) in [5.41, 5.74) is 25.7. The number of ether oxygens (including phenoxy) is 3. The molecule has 31 nitrogen and oxygen atoms in total. The van der Waals surface area contributed by atoms with Crippen LogP contribution in [0.2, 0.25) is 0 Å². The minimum atomic E-state index is -3.92. The number of hydrogen-bond acceptors (Lipinski definition) is 24. The molecule has 9 atom stereocenters. The first-order valence-electron chi connectivity index (χ1n) is 49.6. The van der Waals surface area contributed by atoms with E-state index in [0.29, 0.717) is 117 Å². The number of aliphatic hydroxyl groups excluding tert-OH is 3. The summed E-state index contributed by atoms with van der Waals surface area (Å²) >= 11 is 0. The van der Waals surface area contributed by atoms with Crippen molar-refractivity contribution in [2.45, 2.75) is 288 Å². The number of rotatable bonds is 58. The fraction of sp³-hybridized carbons (Fsp3) is 0.500. The molecule has 40 heteroatoms. The summed E-state index contributed by atoms with van der Waals surface area (Å²) in [6.45, 7) is 16.7. The zero-order chi connectivity index (χ0) is 108. The second kappa shape index (κ2) is 63.2. The van der Waals surface area contributed by atoms with Gasteiger partial charge in [-0.2, -0.15) is 0 Å². The van der Waals surface area contributed by atoms with E-state index in [1.54, 1.807) is 48.7 Å². The van der Waals surface area contributed by atoms with Crippen LogP contribution in [-0.2, 0) is 134 Å². The van der Waals surface area contributed by atoms with Gasteiger partial charge in [0.25, 0.3) is 0 Å². The van der Waals surface area contributed by atoms with Crippen LogP contribution in [0.15, 0.2) is 176 Å². The number of aryl methyl sites for hydroxylation is 3. The molecule has 0 saturated heterocycles. The Morgan fingerprint density at radius 2 is 0.637 bits per heavy atom. The number of benzene rings is 6. The van der Waals surface area contributed by atoms with Crippen LogP contribution < -0.4 is 38.5 Å².